The SMILES string of the molecule is Cc1ccc(COc2nn(Cc3ccccc3C)c(N)c2C#N)c(C)c1. The van der Waals surface area contributed by atoms with Gasteiger partial charge in [0.15, 0.2) is 5.56 Å². The van der Waals surface area contributed by atoms with Gasteiger partial charge in [-0.3, -0.25) is 0 Å². The Balaban J connectivity index is 1.84. The number of aromatic nitrogens is 2. The Morgan fingerprint density at radius 1 is 1.08 bits per heavy atom. The summed E-state index contributed by atoms with van der Waals surface area (Å²) in [5.74, 6) is 0.602. The molecule has 0 saturated heterocycles. The Morgan fingerprint density at radius 3 is 2.54 bits per heavy atom. The highest BCUT2D eigenvalue weighted by Crippen LogP contribution is 2.25. The number of nitriles is 1. The zero-order valence-corrected chi connectivity index (χ0v) is 15.3. The Labute approximate surface area is 153 Å². The summed E-state index contributed by atoms with van der Waals surface area (Å²) in [6.07, 6.45) is 0. The smallest absolute Gasteiger partial charge is 0.253 e. The number of ether oxygens (including phenoxy) is 1. The fraction of sp³-hybridized carbons (Fsp3) is 0.238. The number of hydrogen-bond donors (Lipinski definition) is 1. The Bertz CT molecular complexity index is 982. The van der Waals surface area contributed by atoms with Crippen molar-refractivity contribution < 1.29 is 4.74 Å². The summed E-state index contributed by atoms with van der Waals surface area (Å²) in [4.78, 5) is 0. The number of anilines is 1. The lowest BCUT2D eigenvalue weighted by molar-refractivity contribution is 0.288. The van der Waals surface area contributed by atoms with E-state index in [0.29, 0.717) is 19.0 Å². The van der Waals surface area contributed by atoms with Gasteiger partial charge in [-0.25, -0.2) is 4.68 Å². The minimum atomic E-state index is 0.276. The molecule has 0 fully saturated rings. The minimum absolute atomic E-state index is 0.276. The third-order valence-corrected chi connectivity index (χ3v) is 4.52. The molecule has 0 aliphatic heterocycles. The molecule has 132 valence electrons. The highest BCUT2D eigenvalue weighted by Gasteiger charge is 2.18. The van der Waals surface area contributed by atoms with Crippen LogP contribution < -0.4 is 10.5 Å². The van der Waals surface area contributed by atoms with E-state index < -0.39 is 0 Å². The van der Waals surface area contributed by atoms with E-state index in [0.717, 1.165) is 22.3 Å². The molecule has 0 aliphatic rings. The molecule has 26 heavy (non-hydrogen) atoms. The van der Waals surface area contributed by atoms with Gasteiger partial charge in [-0.15, -0.1) is 5.10 Å². The largest absolute Gasteiger partial charge is 0.471 e. The maximum atomic E-state index is 9.46. The molecule has 0 amide bonds. The van der Waals surface area contributed by atoms with Gasteiger partial charge in [0.25, 0.3) is 5.88 Å². The number of nitrogens with zero attached hydrogens (tertiary/aromatic N) is 3. The summed E-state index contributed by atoms with van der Waals surface area (Å²) < 4.78 is 7.45. The van der Waals surface area contributed by atoms with Crippen LogP contribution in [0.25, 0.3) is 0 Å². The third kappa shape index (κ3) is 3.55. The van der Waals surface area contributed by atoms with E-state index >= 15 is 0 Å². The fourth-order valence-electron chi connectivity index (χ4n) is 2.88. The van der Waals surface area contributed by atoms with Crippen molar-refractivity contribution in [1.29, 1.82) is 5.26 Å². The van der Waals surface area contributed by atoms with Crippen molar-refractivity contribution in [2.24, 2.45) is 0 Å². The van der Waals surface area contributed by atoms with Crippen LogP contribution in [-0.2, 0) is 13.2 Å². The molecule has 2 N–H and O–H groups in total. The van der Waals surface area contributed by atoms with Crippen molar-refractivity contribution in [3.8, 4) is 11.9 Å². The molecule has 3 rings (SSSR count). The first-order valence-electron chi connectivity index (χ1n) is 8.49. The Hall–Kier alpha value is -3.26. The fourth-order valence-corrected chi connectivity index (χ4v) is 2.88. The monoisotopic (exact) mass is 346 g/mol. The highest BCUT2D eigenvalue weighted by molar-refractivity contribution is 5.55. The van der Waals surface area contributed by atoms with Crippen LogP contribution in [0.4, 0.5) is 5.82 Å². The molecule has 5 nitrogen and oxygen atoms in total. The summed E-state index contributed by atoms with van der Waals surface area (Å²) in [5.41, 5.74) is 12.1. The minimum Gasteiger partial charge on any atom is -0.471 e. The second-order valence-corrected chi connectivity index (χ2v) is 6.48. The van der Waals surface area contributed by atoms with Gasteiger partial charge in [0.05, 0.1) is 6.54 Å². The number of benzene rings is 2. The van der Waals surface area contributed by atoms with E-state index in [1.54, 1.807) is 4.68 Å². The molecular weight excluding hydrogens is 324 g/mol. The van der Waals surface area contributed by atoms with Crippen molar-refractivity contribution in [3.05, 3.63) is 75.8 Å². The van der Waals surface area contributed by atoms with Crippen LogP contribution in [0.15, 0.2) is 42.5 Å². The molecule has 0 bridgehead atoms. The molecule has 5 heteroatoms. The van der Waals surface area contributed by atoms with E-state index in [4.69, 9.17) is 10.5 Å². The lowest BCUT2D eigenvalue weighted by Crippen LogP contribution is -2.07. The van der Waals surface area contributed by atoms with Gasteiger partial charge in [-0.1, -0.05) is 48.0 Å². The third-order valence-electron chi connectivity index (χ3n) is 4.52. The number of nitrogens with two attached hydrogens (primary N) is 1. The zero-order chi connectivity index (χ0) is 18.7. The molecule has 0 spiro atoms. The van der Waals surface area contributed by atoms with Gasteiger partial charge in [0.1, 0.15) is 18.5 Å². The maximum Gasteiger partial charge on any atom is 0.253 e. The second kappa shape index (κ2) is 7.32. The first kappa shape index (κ1) is 17.6. The lowest BCUT2D eigenvalue weighted by Gasteiger charge is -2.08. The maximum absolute atomic E-state index is 9.46. The van der Waals surface area contributed by atoms with Crippen molar-refractivity contribution in [1.82, 2.24) is 9.78 Å². The van der Waals surface area contributed by atoms with E-state index in [9.17, 15) is 5.26 Å². The Morgan fingerprint density at radius 2 is 1.85 bits per heavy atom. The average Bonchev–Trinajstić information content (AvgIpc) is 2.91. The number of nitrogen functional groups attached to an aromatic ring is 1. The van der Waals surface area contributed by atoms with E-state index in [2.05, 4.69) is 24.2 Å². The topological polar surface area (TPSA) is 76.9 Å². The first-order chi connectivity index (χ1) is 12.5. The number of aryl methyl sites for hydroxylation is 3. The van der Waals surface area contributed by atoms with Gasteiger partial charge < -0.3 is 10.5 Å². The van der Waals surface area contributed by atoms with Crippen LogP contribution in [-0.4, -0.2) is 9.78 Å². The standard InChI is InChI=1S/C21H22N4O/c1-14-8-9-18(16(3)10-14)13-26-21-19(11-22)20(23)25(24-21)12-17-7-5-4-6-15(17)2/h4-10H,12-13,23H2,1-3H3. The quantitative estimate of drug-likeness (QED) is 0.760. The molecular formula is C21H22N4O. The van der Waals surface area contributed by atoms with Gasteiger partial charge in [-0.2, -0.15) is 5.26 Å². The molecule has 0 radical (unpaired) electrons. The van der Waals surface area contributed by atoms with E-state index in [1.165, 1.54) is 5.56 Å². The summed E-state index contributed by atoms with van der Waals surface area (Å²) >= 11 is 0. The summed E-state index contributed by atoms with van der Waals surface area (Å²) in [5, 5.41) is 13.9. The molecule has 1 aromatic heterocycles. The van der Waals surface area contributed by atoms with Gasteiger partial charge in [0.2, 0.25) is 0 Å². The van der Waals surface area contributed by atoms with Crippen LogP contribution in [0.3, 0.4) is 0 Å². The molecule has 0 saturated carbocycles. The molecule has 0 aliphatic carbocycles. The summed E-state index contributed by atoms with van der Waals surface area (Å²) in [6, 6.07) is 16.3. The van der Waals surface area contributed by atoms with Crippen molar-refractivity contribution in [2.75, 3.05) is 5.73 Å². The summed E-state index contributed by atoms with van der Waals surface area (Å²) in [7, 11) is 0. The highest BCUT2D eigenvalue weighted by atomic mass is 16.5. The van der Waals surface area contributed by atoms with Crippen LogP contribution >= 0.6 is 0 Å². The number of hydrogen-bond acceptors (Lipinski definition) is 4. The molecule has 1 heterocycles. The predicted octanol–water partition coefficient (Wildman–Crippen LogP) is 3.89. The molecule has 2 aromatic carbocycles. The Kier molecular flexibility index (Phi) is 4.94. The zero-order valence-electron chi connectivity index (χ0n) is 15.3. The van der Waals surface area contributed by atoms with Gasteiger partial charge in [0, 0.05) is 0 Å². The van der Waals surface area contributed by atoms with Gasteiger partial charge in [-0.05, 0) is 43.0 Å². The van der Waals surface area contributed by atoms with E-state index in [1.807, 2.05) is 50.2 Å². The van der Waals surface area contributed by atoms with Gasteiger partial charge >= 0.3 is 0 Å². The number of rotatable bonds is 5. The predicted molar refractivity (Wildman–Crippen MR) is 102 cm³/mol. The van der Waals surface area contributed by atoms with Crippen LogP contribution in [0.5, 0.6) is 5.88 Å². The second-order valence-electron chi connectivity index (χ2n) is 6.48. The lowest BCUT2D eigenvalue weighted by atomic mass is 10.1. The molecule has 0 atom stereocenters. The van der Waals surface area contributed by atoms with Crippen LogP contribution in [0.1, 0.15) is 33.4 Å². The molecule has 3 aromatic rings. The first-order valence-corrected chi connectivity index (χ1v) is 8.49. The molecule has 0 unspecified atom stereocenters. The van der Waals surface area contributed by atoms with Crippen molar-refractivity contribution in [3.63, 3.8) is 0 Å². The summed E-state index contributed by atoms with van der Waals surface area (Å²) in [6.45, 7) is 6.99. The van der Waals surface area contributed by atoms with Crippen molar-refractivity contribution >= 4 is 5.82 Å². The van der Waals surface area contributed by atoms with Crippen LogP contribution in [0.2, 0.25) is 0 Å². The van der Waals surface area contributed by atoms with Crippen LogP contribution in [0, 0.1) is 32.1 Å². The average molecular weight is 346 g/mol. The van der Waals surface area contributed by atoms with Crippen molar-refractivity contribution in [2.45, 2.75) is 33.9 Å². The van der Waals surface area contributed by atoms with E-state index in [-0.39, 0.29) is 11.4 Å². The normalized spacial score (nSPS) is 10.5.